The fourth-order valence-corrected chi connectivity index (χ4v) is 3.92. The van der Waals surface area contributed by atoms with E-state index in [9.17, 15) is 0 Å². The van der Waals surface area contributed by atoms with E-state index in [-0.39, 0.29) is 0 Å². The van der Waals surface area contributed by atoms with Crippen molar-refractivity contribution >= 4 is 39.7 Å². The van der Waals surface area contributed by atoms with Crippen molar-refractivity contribution in [3.63, 3.8) is 0 Å². The normalized spacial score (nSPS) is 14.1. The number of benzene rings is 1. The maximum absolute atomic E-state index is 6.51. The monoisotopic (exact) mass is 412 g/mol. The zero-order valence-corrected chi connectivity index (χ0v) is 17.4. The summed E-state index contributed by atoms with van der Waals surface area (Å²) in [6.45, 7) is 5.33. The number of pyridine rings is 2. The maximum atomic E-state index is 6.51. The van der Waals surface area contributed by atoms with Gasteiger partial charge in [-0.3, -0.25) is 4.98 Å². The minimum Gasteiger partial charge on any atom is -0.393 e. The molecule has 0 spiro atoms. The Bertz CT molecular complexity index is 1200. The molecule has 1 fully saturated rings. The molecule has 0 atom stereocenters. The van der Waals surface area contributed by atoms with E-state index in [1.54, 1.807) is 6.33 Å². The Labute approximate surface area is 180 Å². The first-order chi connectivity index (χ1) is 15.2. The average molecular weight is 413 g/mol. The summed E-state index contributed by atoms with van der Waals surface area (Å²) in [4.78, 5) is 22.4. The van der Waals surface area contributed by atoms with Gasteiger partial charge in [0.25, 0.3) is 0 Å². The summed E-state index contributed by atoms with van der Waals surface area (Å²) in [7, 11) is 0. The van der Waals surface area contributed by atoms with Gasteiger partial charge in [-0.15, -0.1) is 0 Å². The number of nitrogens with zero attached hydrogens (tertiary/aromatic N) is 6. The van der Waals surface area contributed by atoms with Crippen LogP contribution < -0.4 is 20.9 Å². The fourth-order valence-electron chi connectivity index (χ4n) is 3.92. The van der Waals surface area contributed by atoms with Crippen LogP contribution in [0.1, 0.15) is 5.69 Å². The largest absolute Gasteiger partial charge is 0.393 e. The average Bonchev–Trinajstić information content (AvgIpc) is 2.81. The molecule has 156 valence electrons. The number of anilines is 5. The van der Waals surface area contributed by atoms with Gasteiger partial charge in [-0.1, -0.05) is 12.1 Å². The van der Waals surface area contributed by atoms with Crippen molar-refractivity contribution in [2.45, 2.75) is 6.92 Å². The van der Waals surface area contributed by atoms with Gasteiger partial charge in [0.1, 0.15) is 17.8 Å². The molecule has 0 unspecified atom stereocenters. The van der Waals surface area contributed by atoms with Crippen molar-refractivity contribution in [1.82, 2.24) is 19.9 Å². The van der Waals surface area contributed by atoms with Crippen LogP contribution in [-0.2, 0) is 0 Å². The molecule has 4 heterocycles. The molecular weight excluding hydrogens is 388 g/mol. The number of piperazine rings is 1. The number of aryl methyl sites for hydroxylation is 1. The van der Waals surface area contributed by atoms with Crippen LogP contribution in [0.15, 0.2) is 61.1 Å². The van der Waals surface area contributed by atoms with Gasteiger partial charge in [-0.25, -0.2) is 15.0 Å². The number of nitrogens with two attached hydrogens (primary N) is 1. The molecule has 1 saturated heterocycles. The summed E-state index contributed by atoms with van der Waals surface area (Å²) in [5.74, 6) is 2.36. The Morgan fingerprint density at radius 2 is 1.71 bits per heavy atom. The molecule has 1 aromatic carbocycles. The molecular formula is C23H24N8. The van der Waals surface area contributed by atoms with Gasteiger partial charge in [0.2, 0.25) is 0 Å². The highest BCUT2D eigenvalue weighted by molar-refractivity contribution is 5.94. The van der Waals surface area contributed by atoms with Gasteiger partial charge >= 0.3 is 0 Å². The summed E-state index contributed by atoms with van der Waals surface area (Å²) in [5.41, 5.74) is 9.89. The molecule has 1 aliphatic rings. The van der Waals surface area contributed by atoms with E-state index in [1.165, 1.54) is 0 Å². The molecule has 4 aromatic rings. The lowest BCUT2D eigenvalue weighted by Gasteiger charge is -2.36. The highest BCUT2D eigenvalue weighted by atomic mass is 15.3. The minimum absolute atomic E-state index is 0.547. The van der Waals surface area contributed by atoms with E-state index in [1.807, 2.05) is 55.6 Å². The van der Waals surface area contributed by atoms with Gasteiger partial charge < -0.3 is 20.9 Å². The zero-order valence-electron chi connectivity index (χ0n) is 17.4. The van der Waals surface area contributed by atoms with Crippen LogP contribution in [0.3, 0.4) is 0 Å². The molecule has 0 radical (unpaired) electrons. The number of fused-ring (bicyclic) bond motifs is 1. The summed E-state index contributed by atoms with van der Waals surface area (Å²) >= 11 is 0. The SMILES string of the molecule is Cc1ccc2c(Nc3ncnc(N4CCN(c5ccccn5)CC4)c3N)cccc2n1. The number of hydrogen-bond donors (Lipinski definition) is 2. The second-order valence-corrected chi connectivity index (χ2v) is 7.57. The molecule has 1 aliphatic heterocycles. The third-order valence-corrected chi connectivity index (χ3v) is 5.54. The Morgan fingerprint density at radius 1 is 0.871 bits per heavy atom. The van der Waals surface area contributed by atoms with Crippen LogP contribution in [-0.4, -0.2) is 46.1 Å². The first-order valence-corrected chi connectivity index (χ1v) is 10.3. The van der Waals surface area contributed by atoms with Crippen LogP contribution in [0.2, 0.25) is 0 Å². The van der Waals surface area contributed by atoms with E-state index < -0.39 is 0 Å². The highest BCUT2D eigenvalue weighted by Crippen LogP contribution is 2.32. The molecule has 0 bridgehead atoms. The Kier molecular flexibility index (Phi) is 4.95. The summed E-state index contributed by atoms with van der Waals surface area (Å²) in [6.07, 6.45) is 3.39. The van der Waals surface area contributed by atoms with E-state index >= 15 is 0 Å². The predicted molar refractivity (Wildman–Crippen MR) is 125 cm³/mol. The zero-order chi connectivity index (χ0) is 21.2. The summed E-state index contributed by atoms with van der Waals surface area (Å²) in [6, 6.07) is 16.0. The first kappa shape index (κ1) is 19.0. The molecule has 0 saturated carbocycles. The van der Waals surface area contributed by atoms with E-state index in [0.29, 0.717) is 11.5 Å². The third-order valence-electron chi connectivity index (χ3n) is 5.54. The van der Waals surface area contributed by atoms with Gasteiger partial charge in [0.05, 0.1) is 5.52 Å². The van der Waals surface area contributed by atoms with E-state index in [0.717, 1.165) is 60.1 Å². The van der Waals surface area contributed by atoms with Crippen LogP contribution in [0.5, 0.6) is 0 Å². The fraction of sp³-hybridized carbons (Fsp3) is 0.217. The number of nitrogen functional groups attached to an aromatic ring is 1. The van der Waals surface area contributed by atoms with Gasteiger partial charge in [-0.2, -0.15) is 0 Å². The molecule has 0 aliphatic carbocycles. The molecule has 31 heavy (non-hydrogen) atoms. The third kappa shape index (κ3) is 3.79. The highest BCUT2D eigenvalue weighted by Gasteiger charge is 2.22. The van der Waals surface area contributed by atoms with Gasteiger partial charge in [0.15, 0.2) is 11.6 Å². The summed E-state index contributed by atoms with van der Waals surface area (Å²) < 4.78 is 0. The van der Waals surface area contributed by atoms with E-state index in [4.69, 9.17) is 5.73 Å². The molecule has 0 amide bonds. The minimum atomic E-state index is 0.547. The quantitative estimate of drug-likeness (QED) is 0.527. The first-order valence-electron chi connectivity index (χ1n) is 10.3. The summed E-state index contributed by atoms with van der Waals surface area (Å²) in [5, 5.41) is 4.41. The van der Waals surface area contributed by atoms with Gasteiger partial charge in [0, 0.05) is 49.1 Å². The topological polar surface area (TPSA) is 96.1 Å². The second kappa shape index (κ2) is 8.06. The van der Waals surface area contributed by atoms with Crippen LogP contribution in [0.25, 0.3) is 10.9 Å². The van der Waals surface area contributed by atoms with Crippen LogP contribution >= 0.6 is 0 Å². The molecule has 3 aromatic heterocycles. The lowest BCUT2D eigenvalue weighted by molar-refractivity contribution is 0.642. The molecule has 3 N–H and O–H groups in total. The van der Waals surface area contributed by atoms with Crippen LogP contribution in [0.4, 0.5) is 28.8 Å². The van der Waals surface area contributed by atoms with Crippen LogP contribution in [0, 0.1) is 6.92 Å². The molecule has 8 nitrogen and oxygen atoms in total. The number of aromatic nitrogens is 4. The van der Waals surface area contributed by atoms with Crippen molar-refractivity contribution in [1.29, 1.82) is 0 Å². The lowest BCUT2D eigenvalue weighted by atomic mass is 10.1. The van der Waals surface area contributed by atoms with Crippen molar-refractivity contribution in [3.05, 3.63) is 66.7 Å². The van der Waals surface area contributed by atoms with E-state index in [2.05, 4.69) is 41.1 Å². The Hall–Kier alpha value is -3.94. The number of nitrogens with one attached hydrogen (secondary N) is 1. The molecule has 5 rings (SSSR count). The Morgan fingerprint density at radius 3 is 2.52 bits per heavy atom. The standard InChI is InChI=1S/C23H24N8/c1-16-8-9-17-18(28-16)5-4-6-19(17)29-22-21(24)23(27-15-26-22)31-13-11-30(12-14-31)20-7-2-3-10-25-20/h2-10,15H,11-14,24H2,1H3,(H,26,27,29). The van der Waals surface area contributed by atoms with Crippen molar-refractivity contribution in [3.8, 4) is 0 Å². The van der Waals surface area contributed by atoms with Crippen molar-refractivity contribution in [2.75, 3.05) is 47.0 Å². The number of rotatable bonds is 4. The predicted octanol–water partition coefficient (Wildman–Crippen LogP) is 3.38. The Balaban J connectivity index is 1.37. The van der Waals surface area contributed by atoms with Crippen molar-refractivity contribution in [2.24, 2.45) is 0 Å². The molecule has 8 heteroatoms. The maximum Gasteiger partial charge on any atom is 0.159 e. The lowest BCUT2D eigenvalue weighted by Crippen LogP contribution is -2.47. The number of hydrogen-bond acceptors (Lipinski definition) is 8. The smallest absolute Gasteiger partial charge is 0.159 e. The van der Waals surface area contributed by atoms with Crippen molar-refractivity contribution < 1.29 is 0 Å². The second-order valence-electron chi connectivity index (χ2n) is 7.57. The van der Waals surface area contributed by atoms with Gasteiger partial charge in [-0.05, 0) is 43.3 Å².